The largest absolute Gasteiger partial charge is 0.534 e. The van der Waals surface area contributed by atoms with Crippen molar-refractivity contribution in [3.05, 3.63) is 71.3 Å². The second-order valence-corrected chi connectivity index (χ2v) is 21.4. The van der Waals surface area contributed by atoms with E-state index >= 15 is 0 Å². The number of aryl methyl sites for hydroxylation is 3. The zero-order valence-corrected chi connectivity index (χ0v) is 37.0. The summed E-state index contributed by atoms with van der Waals surface area (Å²) in [6.07, 6.45) is 4.10. The van der Waals surface area contributed by atoms with Gasteiger partial charge in [-0.05, 0) is 98.3 Å². The summed E-state index contributed by atoms with van der Waals surface area (Å²) in [5.41, 5.74) is -21.3. The van der Waals surface area contributed by atoms with Gasteiger partial charge in [-0.1, -0.05) is 0 Å². The Bertz CT molecular complexity index is 2640. The topological polar surface area (TPSA) is 236 Å². The van der Waals surface area contributed by atoms with Crippen molar-refractivity contribution < 1.29 is 116 Å². The second-order valence-electron chi connectivity index (χ2n) is 11.1. The molecule has 1 N–H and O–H groups in total. The molecule has 3 aromatic carbocycles. The molecule has 0 spiro atoms. The summed E-state index contributed by atoms with van der Waals surface area (Å²) in [4.78, 5) is 1.05. The SMILES string of the molecule is CSc1ccc(OS(=O)(=O)C(F)(F)F)c(C)c1.Cc1cc(OS(=O)(=O)C(F)(F)F)ccc1S(C)=O.Cc1cc(S(C)(=O)=O)ccc1OS(=O)(=O)C(F)(F)F.O=S(=O)(O)C(F)(F)F. The maximum Gasteiger partial charge on any atom is 0.534 e. The molecule has 3 rings (SSSR count). The fourth-order valence-corrected chi connectivity index (χ4v) is 6.75. The molecule has 0 aliphatic heterocycles. The van der Waals surface area contributed by atoms with E-state index in [4.69, 9.17) is 13.0 Å². The summed E-state index contributed by atoms with van der Waals surface area (Å²) in [7, 11) is -27.7. The van der Waals surface area contributed by atoms with Crippen LogP contribution in [0.3, 0.4) is 0 Å². The van der Waals surface area contributed by atoms with Crippen molar-refractivity contribution in [3.63, 3.8) is 0 Å². The van der Waals surface area contributed by atoms with Gasteiger partial charge in [0.2, 0.25) is 0 Å². The molecule has 15 nitrogen and oxygen atoms in total. The lowest BCUT2D eigenvalue weighted by Gasteiger charge is -2.11. The van der Waals surface area contributed by atoms with Gasteiger partial charge in [-0.2, -0.15) is 86.4 Å². The molecule has 0 amide bonds. The highest BCUT2D eigenvalue weighted by Crippen LogP contribution is 2.32. The van der Waals surface area contributed by atoms with Crippen LogP contribution >= 0.6 is 11.8 Å². The normalized spacial score (nSPS) is 13.5. The fraction of sp³-hybridized carbons (Fsp3) is 0.357. The predicted octanol–water partition coefficient (Wildman–Crippen LogP) is 6.93. The molecule has 0 aromatic heterocycles. The van der Waals surface area contributed by atoms with Gasteiger partial charge in [-0.3, -0.25) is 8.76 Å². The molecular weight excluding hydrogens is 1030 g/mol. The van der Waals surface area contributed by atoms with E-state index in [1.807, 2.05) is 0 Å². The smallest absolute Gasteiger partial charge is 0.376 e. The van der Waals surface area contributed by atoms with Gasteiger partial charge in [0.15, 0.2) is 9.84 Å². The van der Waals surface area contributed by atoms with Crippen molar-refractivity contribution in [2.45, 2.75) is 57.5 Å². The van der Waals surface area contributed by atoms with Gasteiger partial charge in [-0.25, -0.2) is 8.42 Å². The molecular formula is C28H28F12O15S7. The fourth-order valence-electron chi connectivity index (χ4n) is 3.29. The van der Waals surface area contributed by atoms with Gasteiger partial charge in [-0.15, -0.1) is 11.8 Å². The van der Waals surface area contributed by atoms with Crippen LogP contribution in [0.5, 0.6) is 17.2 Å². The Morgan fingerprint density at radius 3 is 1.21 bits per heavy atom. The van der Waals surface area contributed by atoms with Crippen molar-refractivity contribution in [2.75, 3.05) is 18.8 Å². The summed E-state index contributed by atoms with van der Waals surface area (Å²) in [6, 6.07) is 10.4. The van der Waals surface area contributed by atoms with Gasteiger partial charge in [0.1, 0.15) is 17.2 Å². The zero-order valence-electron chi connectivity index (χ0n) is 31.3. The van der Waals surface area contributed by atoms with Crippen LogP contribution in [0, 0.1) is 20.8 Å². The van der Waals surface area contributed by atoms with Crippen LogP contribution in [0.2, 0.25) is 0 Å². The van der Waals surface area contributed by atoms with Gasteiger partial charge in [0.25, 0.3) is 0 Å². The maximum atomic E-state index is 12.1. The molecule has 0 saturated heterocycles. The molecule has 62 heavy (non-hydrogen) atoms. The van der Waals surface area contributed by atoms with E-state index in [0.717, 1.165) is 41.5 Å². The number of alkyl halides is 12. The maximum absolute atomic E-state index is 12.1. The number of sulfone groups is 1. The molecule has 0 saturated carbocycles. The monoisotopic (exact) mass is 1060 g/mol. The summed E-state index contributed by atoms with van der Waals surface area (Å²) < 4.78 is 276. The number of benzene rings is 3. The second kappa shape index (κ2) is 21.0. The van der Waals surface area contributed by atoms with Crippen LogP contribution in [0.4, 0.5) is 52.7 Å². The van der Waals surface area contributed by atoms with E-state index in [-0.39, 0.29) is 16.2 Å². The van der Waals surface area contributed by atoms with Crippen LogP contribution in [0.15, 0.2) is 69.3 Å². The predicted molar refractivity (Wildman–Crippen MR) is 195 cm³/mol. The summed E-state index contributed by atoms with van der Waals surface area (Å²) in [5.74, 6) is -1.37. The number of thioether (sulfide) groups is 1. The minimum atomic E-state index is -5.84. The van der Waals surface area contributed by atoms with Gasteiger partial charge >= 0.3 is 62.5 Å². The highest BCUT2D eigenvalue weighted by atomic mass is 32.2. The lowest BCUT2D eigenvalue weighted by molar-refractivity contribution is -0.0513. The molecule has 34 heteroatoms. The molecule has 1 atom stereocenters. The van der Waals surface area contributed by atoms with E-state index in [9.17, 15) is 90.6 Å². The van der Waals surface area contributed by atoms with Crippen molar-refractivity contribution in [3.8, 4) is 17.2 Å². The van der Waals surface area contributed by atoms with Crippen molar-refractivity contribution in [1.29, 1.82) is 0 Å². The van der Waals surface area contributed by atoms with Crippen LogP contribution < -0.4 is 12.5 Å². The first-order valence-corrected chi connectivity index (χ1v) is 25.1. The Balaban J connectivity index is 0.000000829. The third-order valence-electron chi connectivity index (χ3n) is 6.16. The molecule has 0 fully saturated rings. The zero-order chi connectivity index (χ0) is 49.5. The van der Waals surface area contributed by atoms with Crippen molar-refractivity contribution >= 4 is 72.9 Å². The van der Waals surface area contributed by atoms with Crippen molar-refractivity contribution in [2.24, 2.45) is 0 Å². The minimum absolute atomic E-state index is 0.0456. The Hall–Kier alpha value is -3.57. The van der Waals surface area contributed by atoms with E-state index in [2.05, 4.69) is 12.5 Å². The third kappa shape index (κ3) is 17.9. The standard InChI is InChI=1S/C9H9F3O5S2.C9H9F3O4S2.C9H9F3O3S2.CHF3O3S/c1-6-5-7(18(2,13)14)3-4-8(6)17-19(15,16)9(10,11)12;1-6-5-7(3-4-8(6)17(2)13)16-18(14,15)9(10,11)12;1-6-5-7(16-2)3-4-8(6)15-17(13,14)9(10,11)12;2-1(3,4)8(5,6)7/h3-5H,1-2H3;3-5H,1-2H3;3-5H,1-2H3;(H,5,6,7). The molecule has 1 unspecified atom stereocenters. The van der Waals surface area contributed by atoms with Gasteiger partial charge in [0, 0.05) is 22.3 Å². The summed E-state index contributed by atoms with van der Waals surface area (Å²) in [5, 5.41) is 0. The summed E-state index contributed by atoms with van der Waals surface area (Å²) >= 11 is 1.39. The average molecular weight is 1060 g/mol. The highest BCUT2D eigenvalue weighted by Gasteiger charge is 2.50. The number of hydrogen-bond acceptors (Lipinski definition) is 15. The van der Waals surface area contributed by atoms with Crippen LogP contribution in [0.1, 0.15) is 16.7 Å². The first kappa shape index (κ1) is 58.4. The van der Waals surface area contributed by atoms with Crippen LogP contribution in [0.25, 0.3) is 0 Å². The molecule has 3 aromatic rings. The molecule has 356 valence electrons. The van der Waals surface area contributed by atoms with Crippen LogP contribution in [-0.4, -0.2) is 91.7 Å². The van der Waals surface area contributed by atoms with E-state index < -0.39 is 94.6 Å². The Morgan fingerprint density at radius 1 is 0.548 bits per heavy atom. The summed E-state index contributed by atoms with van der Waals surface area (Å²) in [6.45, 7) is 4.20. The number of hydrogen-bond donors (Lipinski definition) is 1. The first-order valence-electron chi connectivity index (χ1n) is 14.8. The highest BCUT2D eigenvalue weighted by molar-refractivity contribution is 7.98. The lowest BCUT2D eigenvalue weighted by Crippen LogP contribution is -2.28. The Morgan fingerprint density at radius 2 is 0.919 bits per heavy atom. The molecule has 0 aliphatic rings. The Kier molecular flexibility index (Phi) is 19.7. The molecule has 0 aliphatic carbocycles. The van der Waals surface area contributed by atoms with Crippen molar-refractivity contribution in [1.82, 2.24) is 0 Å². The molecule has 0 bridgehead atoms. The third-order valence-corrected chi connectivity index (χ3v) is 12.6. The first-order chi connectivity index (χ1) is 27.3. The van der Waals surface area contributed by atoms with E-state index in [0.29, 0.717) is 16.0 Å². The average Bonchev–Trinajstić information content (AvgIpc) is 3.04. The lowest BCUT2D eigenvalue weighted by atomic mass is 10.2. The molecule has 0 heterocycles. The van der Waals surface area contributed by atoms with Crippen LogP contribution in [-0.2, 0) is 61.1 Å². The Labute approximate surface area is 352 Å². The number of rotatable bonds is 9. The number of halogens is 12. The van der Waals surface area contributed by atoms with E-state index in [1.54, 1.807) is 12.3 Å². The van der Waals surface area contributed by atoms with Gasteiger partial charge < -0.3 is 12.5 Å². The quantitative estimate of drug-likeness (QED) is 0.0752. The molecule has 0 radical (unpaired) electrons. The van der Waals surface area contributed by atoms with Gasteiger partial charge in [0.05, 0.1) is 15.7 Å². The minimum Gasteiger partial charge on any atom is -0.376 e. The van der Waals surface area contributed by atoms with E-state index in [1.165, 1.54) is 57.0 Å².